The van der Waals surface area contributed by atoms with Gasteiger partial charge in [0.25, 0.3) is 0 Å². The number of hydrogen-bond donors (Lipinski definition) is 2. The summed E-state index contributed by atoms with van der Waals surface area (Å²) in [5.41, 5.74) is 1.82. The first kappa shape index (κ1) is 17.5. The molecule has 0 amide bonds. The van der Waals surface area contributed by atoms with E-state index in [1.165, 1.54) is 12.1 Å². The van der Waals surface area contributed by atoms with Crippen LogP contribution >= 0.6 is 11.6 Å². The lowest BCUT2D eigenvalue weighted by atomic mass is 10.2. The van der Waals surface area contributed by atoms with Gasteiger partial charge in [-0.15, -0.1) is 0 Å². The molecule has 124 valence electrons. The fourth-order valence-corrected chi connectivity index (χ4v) is 2.42. The average Bonchev–Trinajstić information content (AvgIpc) is 2.55. The number of benzene rings is 2. The Bertz CT molecular complexity index is 634. The third-order valence-corrected chi connectivity index (χ3v) is 3.58. The van der Waals surface area contributed by atoms with E-state index in [0.29, 0.717) is 29.6 Å². The van der Waals surface area contributed by atoms with Crippen LogP contribution in [0.15, 0.2) is 36.4 Å². The van der Waals surface area contributed by atoms with Gasteiger partial charge in [0.2, 0.25) is 0 Å². The maximum Gasteiger partial charge on any atom is 0.180 e. The predicted molar refractivity (Wildman–Crippen MR) is 86.3 cm³/mol. The second-order valence-corrected chi connectivity index (χ2v) is 5.44. The summed E-state index contributed by atoms with van der Waals surface area (Å²) in [4.78, 5) is 0. The fraction of sp³-hybridized carbons (Fsp3) is 0.294. The van der Waals surface area contributed by atoms with E-state index in [9.17, 15) is 4.39 Å². The van der Waals surface area contributed by atoms with E-state index in [4.69, 9.17) is 26.2 Å². The van der Waals surface area contributed by atoms with E-state index in [2.05, 4.69) is 0 Å². The molecule has 23 heavy (non-hydrogen) atoms. The van der Waals surface area contributed by atoms with E-state index in [1.54, 1.807) is 19.2 Å². The highest BCUT2D eigenvalue weighted by molar-refractivity contribution is 6.32. The Hall–Kier alpha value is -1.82. The molecule has 0 bridgehead atoms. The maximum absolute atomic E-state index is 12.9. The standard InChI is InChI=1S/C17H19ClFNO3/c1-22-16-9-13(10-20-6-7-21)8-15(18)17(16)23-11-12-2-4-14(19)5-3-12/h2-5,8-9,20-21H,6-7,10-11H2,1H3/p+1. The third-order valence-electron chi connectivity index (χ3n) is 3.30. The summed E-state index contributed by atoms with van der Waals surface area (Å²) in [6, 6.07) is 9.77. The van der Waals surface area contributed by atoms with Crippen molar-refractivity contribution in [3.8, 4) is 11.5 Å². The van der Waals surface area contributed by atoms with Crippen LogP contribution in [0, 0.1) is 5.82 Å². The number of methoxy groups -OCH3 is 1. The Morgan fingerprint density at radius 1 is 1.17 bits per heavy atom. The van der Waals surface area contributed by atoms with Crippen LogP contribution in [0.3, 0.4) is 0 Å². The minimum Gasteiger partial charge on any atom is -0.493 e. The first-order chi connectivity index (χ1) is 11.1. The lowest BCUT2D eigenvalue weighted by Gasteiger charge is -2.14. The second kappa shape index (κ2) is 8.72. The molecule has 0 fully saturated rings. The van der Waals surface area contributed by atoms with Gasteiger partial charge in [-0.25, -0.2) is 4.39 Å². The van der Waals surface area contributed by atoms with Crippen LogP contribution in [-0.2, 0) is 13.2 Å². The van der Waals surface area contributed by atoms with E-state index >= 15 is 0 Å². The van der Waals surface area contributed by atoms with E-state index in [-0.39, 0.29) is 19.0 Å². The van der Waals surface area contributed by atoms with Gasteiger partial charge in [0.1, 0.15) is 19.0 Å². The Kier molecular flexibility index (Phi) is 6.65. The molecule has 0 atom stereocenters. The zero-order valence-electron chi connectivity index (χ0n) is 12.9. The first-order valence-electron chi connectivity index (χ1n) is 7.30. The van der Waals surface area contributed by atoms with Crippen molar-refractivity contribution in [1.29, 1.82) is 0 Å². The monoisotopic (exact) mass is 340 g/mol. The van der Waals surface area contributed by atoms with Crippen molar-refractivity contribution < 1.29 is 24.3 Å². The molecule has 0 aliphatic rings. The van der Waals surface area contributed by atoms with E-state index in [1.807, 2.05) is 17.4 Å². The largest absolute Gasteiger partial charge is 0.493 e. The predicted octanol–water partition coefficient (Wildman–Crippen LogP) is 2.12. The quantitative estimate of drug-likeness (QED) is 0.724. The van der Waals surface area contributed by atoms with Gasteiger partial charge in [0.15, 0.2) is 11.5 Å². The molecule has 0 aliphatic heterocycles. The molecule has 0 aliphatic carbocycles. The summed E-state index contributed by atoms with van der Waals surface area (Å²) in [5, 5.41) is 11.2. The van der Waals surface area contributed by atoms with Crippen molar-refractivity contribution in [2.45, 2.75) is 13.2 Å². The number of hydrogen-bond acceptors (Lipinski definition) is 3. The summed E-state index contributed by atoms with van der Waals surface area (Å²) in [6.07, 6.45) is 0. The molecule has 2 aromatic rings. The molecule has 4 nitrogen and oxygen atoms in total. The fourth-order valence-electron chi connectivity index (χ4n) is 2.13. The lowest BCUT2D eigenvalue weighted by Crippen LogP contribution is -2.83. The molecule has 0 heterocycles. The molecular formula is C17H20ClFNO3+. The third kappa shape index (κ3) is 5.10. The molecule has 0 saturated carbocycles. The van der Waals surface area contributed by atoms with Gasteiger partial charge >= 0.3 is 0 Å². The van der Waals surface area contributed by atoms with Gasteiger partial charge < -0.3 is 19.9 Å². The second-order valence-electron chi connectivity index (χ2n) is 5.03. The van der Waals surface area contributed by atoms with Gasteiger partial charge in [0, 0.05) is 5.56 Å². The van der Waals surface area contributed by atoms with Crippen LogP contribution in [0.4, 0.5) is 4.39 Å². The number of rotatable bonds is 8. The highest BCUT2D eigenvalue weighted by atomic mass is 35.5. The van der Waals surface area contributed by atoms with E-state index in [0.717, 1.165) is 11.1 Å². The Labute approximate surface area is 139 Å². The van der Waals surface area contributed by atoms with Crippen LogP contribution in [0.2, 0.25) is 5.02 Å². The minimum absolute atomic E-state index is 0.129. The molecule has 0 radical (unpaired) electrons. The highest BCUT2D eigenvalue weighted by Crippen LogP contribution is 2.36. The molecule has 2 rings (SSSR count). The van der Waals surface area contributed by atoms with Crippen molar-refractivity contribution >= 4 is 11.6 Å². The number of aliphatic hydroxyl groups is 1. The number of nitrogens with two attached hydrogens (primary N) is 1. The summed E-state index contributed by atoms with van der Waals surface area (Å²) < 4.78 is 24.0. The number of ether oxygens (including phenoxy) is 2. The van der Waals surface area contributed by atoms with Crippen molar-refractivity contribution in [2.24, 2.45) is 0 Å². The van der Waals surface area contributed by atoms with Crippen molar-refractivity contribution in [2.75, 3.05) is 20.3 Å². The average molecular weight is 341 g/mol. The molecule has 3 N–H and O–H groups in total. The highest BCUT2D eigenvalue weighted by Gasteiger charge is 2.13. The topological polar surface area (TPSA) is 55.3 Å². The number of halogens is 2. The van der Waals surface area contributed by atoms with Gasteiger partial charge in [-0.2, -0.15) is 0 Å². The molecular weight excluding hydrogens is 321 g/mol. The molecule has 6 heteroatoms. The van der Waals surface area contributed by atoms with Crippen molar-refractivity contribution in [3.63, 3.8) is 0 Å². The summed E-state index contributed by atoms with van der Waals surface area (Å²) in [6.45, 7) is 1.72. The smallest absolute Gasteiger partial charge is 0.180 e. The van der Waals surface area contributed by atoms with Crippen molar-refractivity contribution in [1.82, 2.24) is 0 Å². The van der Waals surface area contributed by atoms with Crippen LogP contribution in [-0.4, -0.2) is 25.4 Å². The normalized spacial score (nSPS) is 10.6. The molecule has 0 aromatic heterocycles. The summed E-state index contributed by atoms with van der Waals surface area (Å²) in [5.74, 6) is 0.726. The van der Waals surface area contributed by atoms with Crippen LogP contribution in [0.25, 0.3) is 0 Å². The minimum atomic E-state index is -0.284. The molecule has 2 aromatic carbocycles. The zero-order chi connectivity index (χ0) is 16.7. The Morgan fingerprint density at radius 2 is 1.91 bits per heavy atom. The summed E-state index contributed by atoms with van der Waals surface area (Å²) in [7, 11) is 1.55. The van der Waals surface area contributed by atoms with Gasteiger partial charge in [0.05, 0.1) is 25.3 Å². The number of quaternary nitrogens is 1. The molecule has 0 saturated heterocycles. The van der Waals surface area contributed by atoms with Crippen LogP contribution in [0.1, 0.15) is 11.1 Å². The first-order valence-corrected chi connectivity index (χ1v) is 7.68. The van der Waals surface area contributed by atoms with Gasteiger partial charge in [-0.3, -0.25) is 0 Å². The maximum atomic E-state index is 12.9. The SMILES string of the molecule is COc1cc(C[NH2+]CCO)cc(Cl)c1OCc1ccc(F)cc1. The van der Waals surface area contributed by atoms with E-state index < -0.39 is 0 Å². The number of aliphatic hydroxyl groups excluding tert-OH is 1. The molecule has 0 unspecified atom stereocenters. The summed E-state index contributed by atoms with van der Waals surface area (Å²) >= 11 is 6.29. The molecule has 0 spiro atoms. The van der Waals surface area contributed by atoms with Crippen LogP contribution in [0.5, 0.6) is 11.5 Å². The van der Waals surface area contributed by atoms with Crippen molar-refractivity contribution in [3.05, 3.63) is 58.4 Å². The van der Waals surface area contributed by atoms with Gasteiger partial charge in [-0.05, 0) is 29.8 Å². The Morgan fingerprint density at radius 3 is 2.57 bits per heavy atom. The van der Waals surface area contributed by atoms with Crippen LogP contribution < -0.4 is 14.8 Å². The van der Waals surface area contributed by atoms with Gasteiger partial charge in [-0.1, -0.05) is 23.7 Å². The lowest BCUT2D eigenvalue weighted by molar-refractivity contribution is -0.671. The Balaban J connectivity index is 2.09. The zero-order valence-corrected chi connectivity index (χ0v) is 13.6.